The number of benzene rings is 3. The van der Waals surface area contributed by atoms with Gasteiger partial charge < -0.3 is 15.4 Å². The van der Waals surface area contributed by atoms with Crippen molar-refractivity contribution >= 4 is 17.4 Å². The van der Waals surface area contributed by atoms with Gasteiger partial charge >= 0.3 is 6.18 Å². The first-order chi connectivity index (χ1) is 16.8. The van der Waals surface area contributed by atoms with Crippen molar-refractivity contribution in [3.8, 4) is 11.1 Å². The Balaban J connectivity index is 1.55. The standard InChI is InChI=1S/C27H25F3N2O3/c1-2-35-16-24(33)25-22-12-11-20(15-18(22)13-14-31-25)32-26(34)23-6-4-3-5-21(23)17-7-9-19(10-8-17)27(28,29)30/h3-12,15,25,31H,2,13-14,16H2,1H3,(H,32,34). The minimum atomic E-state index is -4.43. The second kappa shape index (κ2) is 10.4. The van der Waals surface area contributed by atoms with E-state index in [0.29, 0.717) is 42.0 Å². The molecule has 1 aliphatic rings. The fourth-order valence-corrected chi connectivity index (χ4v) is 4.19. The van der Waals surface area contributed by atoms with Crippen LogP contribution in [0.5, 0.6) is 0 Å². The number of alkyl halides is 3. The second-order valence-corrected chi connectivity index (χ2v) is 8.23. The predicted octanol–water partition coefficient (Wildman–Crippen LogP) is 5.42. The Morgan fingerprint density at radius 3 is 2.51 bits per heavy atom. The van der Waals surface area contributed by atoms with Gasteiger partial charge in [0.1, 0.15) is 6.61 Å². The molecule has 1 heterocycles. The van der Waals surface area contributed by atoms with Crippen LogP contribution in [-0.2, 0) is 22.1 Å². The number of amides is 1. The van der Waals surface area contributed by atoms with Crippen molar-refractivity contribution < 1.29 is 27.5 Å². The van der Waals surface area contributed by atoms with Crippen LogP contribution in [0.2, 0.25) is 0 Å². The maximum absolute atomic E-state index is 13.1. The number of hydrogen-bond acceptors (Lipinski definition) is 4. The van der Waals surface area contributed by atoms with E-state index in [1.54, 1.807) is 30.3 Å². The van der Waals surface area contributed by atoms with Crippen molar-refractivity contribution in [2.45, 2.75) is 25.6 Å². The van der Waals surface area contributed by atoms with Gasteiger partial charge in [0.05, 0.1) is 11.6 Å². The van der Waals surface area contributed by atoms with Crippen LogP contribution in [-0.4, -0.2) is 31.4 Å². The molecule has 1 aliphatic heterocycles. The van der Waals surface area contributed by atoms with E-state index in [0.717, 1.165) is 23.3 Å². The van der Waals surface area contributed by atoms with Crippen LogP contribution in [0.3, 0.4) is 0 Å². The molecule has 182 valence electrons. The lowest BCUT2D eigenvalue weighted by Gasteiger charge is -2.26. The van der Waals surface area contributed by atoms with Gasteiger partial charge in [0.2, 0.25) is 0 Å². The number of halogens is 3. The number of anilines is 1. The van der Waals surface area contributed by atoms with Gasteiger partial charge in [-0.1, -0.05) is 36.4 Å². The number of hydrogen-bond donors (Lipinski definition) is 2. The van der Waals surface area contributed by atoms with Gasteiger partial charge in [0, 0.05) is 24.4 Å². The van der Waals surface area contributed by atoms with Crippen LogP contribution in [0.1, 0.15) is 40.0 Å². The first kappa shape index (κ1) is 24.6. The highest BCUT2D eigenvalue weighted by atomic mass is 19.4. The zero-order valence-corrected chi connectivity index (χ0v) is 19.1. The monoisotopic (exact) mass is 482 g/mol. The Kier molecular flexibility index (Phi) is 7.33. The summed E-state index contributed by atoms with van der Waals surface area (Å²) < 4.78 is 44.0. The maximum atomic E-state index is 13.1. The summed E-state index contributed by atoms with van der Waals surface area (Å²) in [5, 5.41) is 6.11. The largest absolute Gasteiger partial charge is 0.416 e. The lowest BCUT2D eigenvalue weighted by Crippen LogP contribution is -2.37. The van der Waals surface area contributed by atoms with Crippen molar-refractivity contribution in [1.82, 2.24) is 5.32 Å². The Hall–Kier alpha value is -3.49. The molecule has 0 bridgehead atoms. The maximum Gasteiger partial charge on any atom is 0.416 e. The molecular weight excluding hydrogens is 457 g/mol. The lowest BCUT2D eigenvalue weighted by atomic mass is 9.91. The molecule has 0 aliphatic carbocycles. The summed E-state index contributed by atoms with van der Waals surface area (Å²) in [6.45, 7) is 2.96. The van der Waals surface area contributed by atoms with Crippen molar-refractivity contribution in [2.75, 3.05) is 25.1 Å². The smallest absolute Gasteiger partial charge is 0.374 e. The third kappa shape index (κ3) is 5.61. The van der Waals surface area contributed by atoms with Gasteiger partial charge in [0.25, 0.3) is 5.91 Å². The highest BCUT2D eigenvalue weighted by Crippen LogP contribution is 2.32. The Morgan fingerprint density at radius 2 is 1.80 bits per heavy atom. The van der Waals surface area contributed by atoms with Crippen LogP contribution in [0.4, 0.5) is 18.9 Å². The zero-order chi connectivity index (χ0) is 25.0. The third-order valence-corrected chi connectivity index (χ3v) is 5.92. The van der Waals surface area contributed by atoms with E-state index in [-0.39, 0.29) is 18.3 Å². The summed E-state index contributed by atoms with van der Waals surface area (Å²) in [6, 6.07) is 16.5. The fourth-order valence-electron chi connectivity index (χ4n) is 4.19. The first-order valence-electron chi connectivity index (χ1n) is 11.3. The minimum absolute atomic E-state index is 0.0346. The van der Waals surface area contributed by atoms with Crippen molar-refractivity contribution in [2.24, 2.45) is 0 Å². The number of carbonyl (C=O) groups is 2. The van der Waals surface area contributed by atoms with Crippen LogP contribution in [0.15, 0.2) is 66.7 Å². The third-order valence-electron chi connectivity index (χ3n) is 5.92. The van der Waals surface area contributed by atoms with E-state index in [2.05, 4.69) is 10.6 Å². The van der Waals surface area contributed by atoms with Gasteiger partial charge in [-0.15, -0.1) is 0 Å². The Morgan fingerprint density at radius 1 is 1.06 bits per heavy atom. The van der Waals surface area contributed by atoms with Gasteiger partial charge in [-0.25, -0.2) is 0 Å². The van der Waals surface area contributed by atoms with E-state index >= 15 is 0 Å². The highest BCUT2D eigenvalue weighted by molar-refractivity contribution is 6.08. The molecule has 0 aromatic heterocycles. The molecule has 0 saturated carbocycles. The van der Waals surface area contributed by atoms with Crippen molar-refractivity contribution in [3.05, 3.63) is 89.0 Å². The molecule has 3 aromatic carbocycles. The molecule has 0 radical (unpaired) electrons. The molecule has 1 amide bonds. The molecule has 0 spiro atoms. The molecule has 1 atom stereocenters. The van der Waals surface area contributed by atoms with Crippen molar-refractivity contribution in [3.63, 3.8) is 0 Å². The SMILES string of the molecule is CCOCC(=O)C1NCCc2cc(NC(=O)c3ccccc3-c3ccc(C(F)(F)F)cc3)ccc21. The summed E-state index contributed by atoms with van der Waals surface area (Å²) in [4.78, 5) is 25.6. The van der Waals surface area contributed by atoms with E-state index < -0.39 is 17.8 Å². The molecular formula is C27H25F3N2O3. The summed E-state index contributed by atoms with van der Waals surface area (Å²) in [6.07, 6.45) is -3.72. The summed E-state index contributed by atoms with van der Waals surface area (Å²) >= 11 is 0. The number of rotatable bonds is 7. The number of Topliss-reactive ketones (excluding diaryl/α,β-unsaturated/α-hetero) is 1. The van der Waals surface area contributed by atoms with Crippen LogP contribution in [0.25, 0.3) is 11.1 Å². The molecule has 5 nitrogen and oxygen atoms in total. The molecule has 4 rings (SSSR count). The topological polar surface area (TPSA) is 67.4 Å². The van der Waals surface area contributed by atoms with E-state index in [4.69, 9.17) is 4.74 Å². The second-order valence-electron chi connectivity index (χ2n) is 8.23. The zero-order valence-electron chi connectivity index (χ0n) is 19.1. The van der Waals surface area contributed by atoms with Gasteiger partial charge in [-0.05, 0) is 65.9 Å². The quantitative estimate of drug-likeness (QED) is 0.472. The highest BCUT2D eigenvalue weighted by Gasteiger charge is 2.30. The number of ether oxygens (including phenoxy) is 1. The molecule has 8 heteroatoms. The molecule has 0 saturated heterocycles. The molecule has 3 aromatic rings. The number of fused-ring (bicyclic) bond motifs is 1. The summed E-state index contributed by atoms with van der Waals surface area (Å²) in [5.41, 5.74) is 3.05. The van der Waals surface area contributed by atoms with Gasteiger partial charge in [0.15, 0.2) is 5.78 Å². The van der Waals surface area contributed by atoms with E-state index in [1.165, 1.54) is 12.1 Å². The number of ketones is 1. The lowest BCUT2D eigenvalue weighted by molar-refractivity contribution is -0.137. The normalized spacial score (nSPS) is 15.4. The van der Waals surface area contributed by atoms with E-state index in [1.807, 2.05) is 19.1 Å². The molecule has 35 heavy (non-hydrogen) atoms. The molecule has 2 N–H and O–H groups in total. The summed E-state index contributed by atoms with van der Waals surface area (Å²) in [7, 11) is 0. The minimum Gasteiger partial charge on any atom is -0.374 e. The number of nitrogens with one attached hydrogen (secondary N) is 2. The average molecular weight is 483 g/mol. The average Bonchev–Trinajstić information content (AvgIpc) is 2.86. The predicted molar refractivity (Wildman–Crippen MR) is 127 cm³/mol. The Labute approximate surface area is 201 Å². The van der Waals surface area contributed by atoms with Gasteiger partial charge in [-0.2, -0.15) is 13.2 Å². The van der Waals surface area contributed by atoms with E-state index in [9.17, 15) is 22.8 Å². The fraction of sp³-hybridized carbons (Fsp3) is 0.259. The first-order valence-corrected chi connectivity index (χ1v) is 11.3. The van der Waals surface area contributed by atoms with Crippen LogP contribution >= 0.6 is 0 Å². The van der Waals surface area contributed by atoms with Crippen molar-refractivity contribution in [1.29, 1.82) is 0 Å². The number of carbonyl (C=O) groups excluding carboxylic acids is 2. The molecule has 0 fully saturated rings. The van der Waals surface area contributed by atoms with Crippen LogP contribution < -0.4 is 10.6 Å². The Bertz CT molecular complexity index is 1220. The molecule has 1 unspecified atom stereocenters. The van der Waals surface area contributed by atoms with Gasteiger partial charge in [-0.3, -0.25) is 9.59 Å². The van der Waals surface area contributed by atoms with Crippen LogP contribution in [0, 0.1) is 0 Å². The summed E-state index contributed by atoms with van der Waals surface area (Å²) in [5.74, 6) is -0.423.